The number of halogens is 3. The van der Waals surface area contributed by atoms with E-state index in [9.17, 15) is 22.8 Å². The smallest absolute Gasteiger partial charge is 0.472 e. The molecule has 1 fully saturated rings. The lowest BCUT2D eigenvalue weighted by molar-refractivity contribution is -0.274. The van der Waals surface area contributed by atoms with E-state index in [1.54, 1.807) is 11.0 Å². The van der Waals surface area contributed by atoms with E-state index in [2.05, 4.69) is 15.4 Å². The Morgan fingerprint density at radius 3 is 2.36 bits per heavy atom. The third-order valence-electron chi connectivity index (χ3n) is 4.23. The van der Waals surface area contributed by atoms with Gasteiger partial charge in [0.05, 0.1) is 11.8 Å². The van der Waals surface area contributed by atoms with Crippen molar-refractivity contribution >= 4 is 17.6 Å². The van der Waals surface area contributed by atoms with Crippen LogP contribution in [0.1, 0.15) is 23.2 Å². The average molecular weight is 397 g/mol. The maximum absolute atomic E-state index is 12.2. The number of anilines is 1. The van der Waals surface area contributed by atoms with Gasteiger partial charge in [0.2, 0.25) is 0 Å². The molecule has 1 aliphatic heterocycles. The molecule has 0 saturated carbocycles. The van der Waals surface area contributed by atoms with Gasteiger partial charge in [0, 0.05) is 24.8 Å². The number of benzene rings is 1. The number of hydrogen-bond acceptors (Lipinski definition) is 4. The predicted molar refractivity (Wildman–Crippen MR) is 92.9 cm³/mol. The Balaban J connectivity index is 1.44. The van der Waals surface area contributed by atoms with Gasteiger partial charge in [-0.15, -0.1) is 13.2 Å². The summed E-state index contributed by atoms with van der Waals surface area (Å²) in [4.78, 5) is 26.0. The minimum absolute atomic E-state index is 0.110. The molecule has 7 nitrogen and oxygen atoms in total. The molecule has 3 amide bonds. The van der Waals surface area contributed by atoms with Crippen LogP contribution in [0.3, 0.4) is 0 Å². The molecule has 1 aliphatic rings. The fourth-order valence-corrected chi connectivity index (χ4v) is 2.89. The maximum atomic E-state index is 12.2. The molecule has 1 aromatic heterocycles. The molecule has 10 heteroatoms. The van der Waals surface area contributed by atoms with Crippen molar-refractivity contribution in [2.24, 2.45) is 0 Å². The molecular weight excluding hydrogens is 379 g/mol. The Hall–Kier alpha value is -3.17. The quantitative estimate of drug-likeness (QED) is 0.826. The molecule has 2 aromatic rings. The van der Waals surface area contributed by atoms with Crippen LogP contribution in [0.15, 0.2) is 47.3 Å². The number of carbonyl (C=O) groups excluding carboxylic acids is 2. The molecule has 0 atom stereocenters. The topological polar surface area (TPSA) is 83.8 Å². The summed E-state index contributed by atoms with van der Waals surface area (Å²) in [5.41, 5.74) is 0.821. The summed E-state index contributed by atoms with van der Waals surface area (Å²) in [6, 6.07) is 5.88. The first-order valence-electron chi connectivity index (χ1n) is 8.55. The van der Waals surface area contributed by atoms with E-state index in [1.165, 1.54) is 24.7 Å². The number of nitrogens with zero attached hydrogens (tertiary/aromatic N) is 1. The van der Waals surface area contributed by atoms with E-state index >= 15 is 0 Å². The van der Waals surface area contributed by atoms with Gasteiger partial charge in [-0.25, -0.2) is 4.79 Å². The zero-order valence-corrected chi connectivity index (χ0v) is 14.7. The molecule has 1 saturated heterocycles. The summed E-state index contributed by atoms with van der Waals surface area (Å²) in [6.45, 7) is 0.997. The lowest BCUT2D eigenvalue weighted by atomic mass is 10.0. The van der Waals surface area contributed by atoms with E-state index in [0.29, 0.717) is 37.2 Å². The molecule has 0 radical (unpaired) electrons. The molecule has 0 unspecified atom stereocenters. The third kappa shape index (κ3) is 5.41. The number of nitrogens with one attached hydrogen (secondary N) is 2. The Kier molecular flexibility index (Phi) is 5.76. The normalized spacial score (nSPS) is 15.2. The molecule has 1 aromatic carbocycles. The maximum Gasteiger partial charge on any atom is 0.573 e. The molecule has 0 bridgehead atoms. The first-order valence-corrected chi connectivity index (χ1v) is 8.55. The molecule has 150 valence electrons. The Morgan fingerprint density at radius 2 is 1.79 bits per heavy atom. The van der Waals surface area contributed by atoms with Crippen LogP contribution in [0, 0.1) is 0 Å². The van der Waals surface area contributed by atoms with Crippen molar-refractivity contribution in [3.8, 4) is 5.75 Å². The van der Waals surface area contributed by atoms with Crippen LogP contribution < -0.4 is 15.4 Å². The highest BCUT2D eigenvalue weighted by Gasteiger charge is 2.31. The number of carbonyl (C=O) groups is 2. The van der Waals surface area contributed by atoms with Gasteiger partial charge in [0.15, 0.2) is 0 Å². The number of hydrogen-bond donors (Lipinski definition) is 2. The number of piperidine rings is 1. The summed E-state index contributed by atoms with van der Waals surface area (Å²) in [5.74, 6) is -0.481. The fourth-order valence-electron chi connectivity index (χ4n) is 2.89. The first kappa shape index (κ1) is 19.6. The number of alkyl halides is 3. The number of furan rings is 1. The number of likely N-dealkylation sites (tertiary alicyclic amines) is 1. The van der Waals surface area contributed by atoms with Gasteiger partial charge < -0.3 is 24.7 Å². The van der Waals surface area contributed by atoms with Crippen LogP contribution in [0.4, 0.5) is 23.7 Å². The van der Waals surface area contributed by atoms with Crippen molar-refractivity contribution in [1.82, 2.24) is 10.2 Å². The standard InChI is InChI=1S/C18H18F3N3O4/c19-18(20,21)28-15-3-1-13(2-4-15)22-17(26)23-14-5-8-24(9-6-14)16(25)12-7-10-27-11-12/h1-4,7,10-11,14H,5-6,8-9H2,(H2,22,23,26). The van der Waals surface area contributed by atoms with E-state index in [4.69, 9.17) is 4.42 Å². The molecule has 2 N–H and O–H groups in total. The highest BCUT2D eigenvalue weighted by Crippen LogP contribution is 2.24. The van der Waals surface area contributed by atoms with Crippen molar-refractivity contribution in [2.75, 3.05) is 18.4 Å². The minimum atomic E-state index is -4.76. The SMILES string of the molecule is O=C(Nc1ccc(OC(F)(F)F)cc1)NC1CCN(C(=O)c2ccoc2)CC1. The largest absolute Gasteiger partial charge is 0.573 e. The van der Waals surface area contributed by atoms with Gasteiger partial charge in [-0.2, -0.15) is 0 Å². The second kappa shape index (κ2) is 8.24. The summed E-state index contributed by atoms with van der Waals surface area (Å²) >= 11 is 0. The molecule has 2 heterocycles. The van der Waals surface area contributed by atoms with Crippen LogP contribution in [-0.4, -0.2) is 42.3 Å². The second-order valence-corrected chi connectivity index (χ2v) is 6.25. The van der Waals surface area contributed by atoms with Crippen LogP contribution in [0.5, 0.6) is 5.75 Å². The molecule has 0 spiro atoms. The van der Waals surface area contributed by atoms with Crippen molar-refractivity contribution in [3.63, 3.8) is 0 Å². The Bertz CT molecular complexity index is 798. The monoisotopic (exact) mass is 397 g/mol. The Morgan fingerprint density at radius 1 is 1.11 bits per heavy atom. The molecule has 3 rings (SSSR count). The second-order valence-electron chi connectivity index (χ2n) is 6.25. The summed E-state index contributed by atoms with van der Waals surface area (Å²) in [6.07, 6.45) is -0.746. The van der Waals surface area contributed by atoms with Crippen molar-refractivity contribution < 1.29 is 31.9 Å². The Labute approximate surface area is 158 Å². The molecule has 0 aliphatic carbocycles. The van der Waals surface area contributed by atoms with Crippen molar-refractivity contribution in [1.29, 1.82) is 0 Å². The average Bonchev–Trinajstić information content (AvgIpc) is 3.17. The van der Waals surface area contributed by atoms with Gasteiger partial charge in [0.25, 0.3) is 5.91 Å². The summed E-state index contributed by atoms with van der Waals surface area (Å²) < 4.78 is 45.1. The summed E-state index contributed by atoms with van der Waals surface area (Å²) in [5, 5.41) is 5.35. The predicted octanol–water partition coefficient (Wildman–Crippen LogP) is 3.60. The molecule has 28 heavy (non-hydrogen) atoms. The highest BCUT2D eigenvalue weighted by molar-refractivity contribution is 5.94. The first-order chi connectivity index (χ1) is 13.3. The van der Waals surface area contributed by atoms with Gasteiger partial charge >= 0.3 is 12.4 Å². The zero-order chi connectivity index (χ0) is 20.1. The van der Waals surface area contributed by atoms with Crippen molar-refractivity contribution in [2.45, 2.75) is 25.2 Å². The van der Waals surface area contributed by atoms with Gasteiger partial charge in [0.1, 0.15) is 12.0 Å². The number of rotatable bonds is 4. The lowest BCUT2D eigenvalue weighted by Gasteiger charge is -2.32. The van der Waals surface area contributed by atoms with Crippen LogP contribution >= 0.6 is 0 Å². The van der Waals surface area contributed by atoms with E-state index in [-0.39, 0.29) is 17.7 Å². The van der Waals surface area contributed by atoms with E-state index in [1.807, 2.05) is 0 Å². The lowest BCUT2D eigenvalue weighted by Crippen LogP contribution is -2.47. The number of amides is 3. The molecular formula is C18H18F3N3O4. The summed E-state index contributed by atoms with van der Waals surface area (Å²) in [7, 11) is 0. The van der Waals surface area contributed by atoms with Crippen molar-refractivity contribution in [3.05, 3.63) is 48.4 Å². The number of urea groups is 1. The van der Waals surface area contributed by atoms with Gasteiger partial charge in [-0.05, 0) is 43.2 Å². The van der Waals surface area contributed by atoms with E-state index < -0.39 is 12.4 Å². The third-order valence-corrected chi connectivity index (χ3v) is 4.23. The fraction of sp³-hybridized carbons (Fsp3) is 0.333. The van der Waals surface area contributed by atoms with Crippen LogP contribution in [0.2, 0.25) is 0 Å². The highest BCUT2D eigenvalue weighted by atomic mass is 19.4. The van der Waals surface area contributed by atoms with Gasteiger partial charge in [-0.3, -0.25) is 4.79 Å². The number of ether oxygens (including phenoxy) is 1. The van der Waals surface area contributed by atoms with Crippen LogP contribution in [0.25, 0.3) is 0 Å². The van der Waals surface area contributed by atoms with Gasteiger partial charge in [-0.1, -0.05) is 0 Å². The zero-order valence-electron chi connectivity index (χ0n) is 14.7. The minimum Gasteiger partial charge on any atom is -0.472 e. The van der Waals surface area contributed by atoms with Crippen LogP contribution in [-0.2, 0) is 0 Å². The van der Waals surface area contributed by atoms with E-state index in [0.717, 1.165) is 12.1 Å².